The number of hydrogen-bond acceptors (Lipinski definition) is 4. The number of carbonyl (C=O) groups is 2. The molecule has 3 aromatic rings. The van der Waals surface area contributed by atoms with Gasteiger partial charge in [-0.15, -0.1) is 11.8 Å². The van der Waals surface area contributed by atoms with Crippen LogP contribution in [-0.2, 0) is 16.2 Å². The number of carbonyl (C=O) groups excluding carboxylic acids is 2. The van der Waals surface area contributed by atoms with Gasteiger partial charge >= 0.3 is 6.03 Å². The number of nitrogens with one attached hydrogen (secondary N) is 1. The SMILES string of the molecule is COc1ccc2c(c1)[C@@]1(SCCN1C(=O)Nc1ccc(Cl)cc1)C(=O)N2Cc1ccc(F)c(F)c1. The van der Waals surface area contributed by atoms with Crippen LogP contribution in [0.2, 0.25) is 5.02 Å². The third kappa shape index (κ3) is 3.98. The molecule has 0 unspecified atom stereocenters. The predicted molar refractivity (Wildman–Crippen MR) is 132 cm³/mol. The van der Waals surface area contributed by atoms with Gasteiger partial charge in [-0.3, -0.25) is 9.69 Å². The van der Waals surface area contributed by atoms with E-state index in [0.29, 0.717) is 45.6 Å². The molecule has 180 valence electrons. The number of thioether (sulfide) groups is 1. The highest BCUT2D eigenvalue weighted by atomic mass is 35.5. The summed E-state index contributed by atoms with van der Waals surface area (Å²) in [5.41, 5.74) is 2.16. The van der Waals surface area contributed by atoms with Gasteiger partial charge in [-0.1, -0.05) is 17.7 Å². The van der Waals surface area contributed by atoms with Gasteiger partial charge in [-0.25, -0.2) is 13.6 Å². The zero-order valence-corrected chi connectivity index (χ0v) is 20.1. The van der Waals surface area contributed by atoms with E-state index < -0.39 is 22.5 Å². The topological polar surface area (TPSA) is 61.9 Å². The van der Waals surface area contributed by atoms with Gasteiger partial charge in [0.25, 0.3) is 5.91 Å². The Morgan fingerprint density at radius 2 is 1.89 bits per heavy atom. The second-order valence-electron chi connectivity index (χ2n) is 8.10. The van der Waals surface area contributed by atoms with Crippen LogP contribution in [0.3, 0.4) is 0 Å². The van der Waals surface area contributed by atoms with Crippen molar-refractivity contribution in [2.45, 2.75) is 11.4 Å². The number of halogens is 3. The molecule has 1 fully saturated rings. The summed E-state index contributed by atoms with van der Waals surface area (Å²) in [6.45, 7) is 0.357. The molecule has 1 atom stereocenters. The first-order valence-electron chi connectivity index (χ1n) is 10.8. The average molecular weight is 516 g/mol. The molecule has 5 rings (SSSR count). The fraction of sp³-hybridized carbons (Fsp3) is 0.200. The number of fused-ring (bicyclic) bond motifs is 2. The van der Waals surface area contributed by atoms with E-state index in [1.54, 1.807) is 42.5 Å². The van der Waals surface area contributed by atoms with E-state index in [-0.39, 0.29) is 12.5 Å². The summed E-state index contributed by atoms with van der Waals surface area (Å²) < 4.78 is 32.7. The van der Waals surface area contributed by atoms with Crippen LogP contribution in [0, 0.1) is 11.6 Å². The first-order chi connectivity index (χ1) is 16.8. The van der Waals surface area contributed by atoms with Crippen molar-refractivity contribution < 1.29 is 23.1 Å². The van der Waals surface area contributed by atoms with Gasteiger partial charge in [0.1, 0.15) is 5.75 Å². The Hall–Kier alpha value is -3.30. The molecule has 1 N–H and O–H groups in total. The molecule has 0 bridgehead atoms. The van der Waals surface area contributed by atoms with E-state index in [1.807, 2.05) is 0 Å². The van der Waals surface area contributed by atoms with Crippen LogP contribution >= 0.6 is 23.4 Å². The highest BCUT2D eigenvalue weighted by Crippen LogP contribution is 2.55. The quantitative estimate of drug-likeness (QED) is 0.491. The van der Waals surface area contributed by atoms with Gasteiger partial charge in [0.2, 0.25) is 0 Å². The third-order valence-corrected chi connectivity index (χ3v) is 7.74. The fourth-order valence-corrected chi connectivity index (χ4v) is 6.00. The Bertz CT molecular complexity index is 1320. The number of urea groups is 1. The Morgan fingerprint density at radius 1 is 1.11 bits per heavy atom. The number of anilines is 2. The minimum absolute atomic E-state index is 0.0182. The molecule has 2 aliphatic heterocycles. The second-order valence-corrected chi connectivity index (χ2v) is 9.83. The first kappa shape index (κ1) is 23.4. The molecule has 6 nitrogen and oxygen atoms in total. The summed E-state index contributed by atoms with van der Waals surface area (Å²) in [4.78, 5) is 29.1. The number of nitrogens with zero attached hydrogens (tertiary/aromatic N) is 2. The first-order valence-corrected chi connectivity index (χ1v) is 12.1. The Labute approximate surface area is 209 Å². The average Bonchev–Trinajstić information content (AvgIpc) is 3.40. The number of hydrogen-bond donors (Lipinski definition) is 1. The van der Waals surface area contributed by atoms with Crippen molar-refractivity contribution >= 4 is 46.7 Å². The van der Waals surface area contributed by atoms with E-state index in [9.17, 15) is 18.4 Å². The van der Waals surface area contributed by atoms with Gasteiger partial charge in [0.05, 0.1) is 19.3 Å². The molecule has 10 heteroatoms. The molecule has 0 saturated carbocycles. The molecular formula is C25H20ClF2N3O3S. The molecule has 3 aromatic carbocycles. The van der Waals surface area contributed by atoms with Crippen LogP contribution in [0.1, 0.15) is 11.1 Å². The van der Waals surface area contributed by atoms with Crippen molar-refractivity contribution in [1.82, 2.24) is 4.90 Å². The van der Waals surface area contributed by atoms with E-state index in [4.69, 9.17) is 16.3 Å². The number of methoxy groups -OCH3 is 1. The molecule has 0 aliphatic carbocycles. The van der Waals surface area contributed by atoms with Crippen LogP contribution in [-0.4, -0.2) is 36.2 Å². The smallest absolute Gasteiger partial charge is 0.323 e. The third-order valence-electron chi connectivity index (χ3n) is 6.07. The summed E-state index contributed by atoms with van der Waals surface area (Å²) in [6.07, 6.45) is 0. The minimum atomic E-state index is -1.32. The maximum Gasteiger partial charge on any atom is 0.323 e. The summed E-state index contributed by atoms with van der Waals surface area (Å²) >= 11 is 7.30. The molecule has 2 heterocycles. The van der Waals surface area contributed by atoms with Crippen molar-refractivity contribution in [1.29, 1.82) is 0 Å². The number of benzene rings is 3. The van der Waals surface area contributed by atoms with Gasteiger partial charge in [0.15, 0.2) is 16.5 Å². The van der Waals surface area contributed by atoms with Crippen molar-refractivity contribution in [3.05, 3.63) is 88.4 Å². The van der Waals surface area contributed by atoms with Crippen LogP contribution < -0.4 is 15.0 Å². The summed E-state index contributed by atoms with van der Waals surface area (Å²) in [5.74, 6) is -1.21. The van der Waals surface area contributed by atoms with E-state index in [2.05, 4.69) is 5.32 Å². The highest BCUT2D eigenvalue weighted by Gasteiger charge is 2.59. The molecule has 3 amide bonds. The molecule has 1 spiro atoms. The molecule has 0 aromatic heterocycles. The lowest BCUT2D eigenvalue weighted by Crippen LogP contribution is -2.51. The van der Waals surface area contributed by atoms with Crippen molar-refractivity contribution in [3.63, 3.8) is 0 Å². The maximum atomic E-state index is 14.0. The zero-order chi connectivity index (χ0) is 24.7. The van der Waals surface area contributed by atoms with Gasteiger partial charge in [-0.05, 0) is 60.2 Å². The van der Waals surface area contributed by atoms with Gasteiger partial charge in [0, 0.05) is 28.6 Å². The van der Waals surface area contributed by atoms with Gasteiger partial charge < -0.3 is 15.0 Å². The lowest BCUT2D eigenvalue weighted by Gasteiger charge is -2.33. The van der Waals surface area contributed by atoms with Crippen LogP contribution in [0.15, 0.2) is 60.7 Å². The van der Waals surface area contributed by atoms with E-state index in [0.717, 1.165) is 12.1 Å². The fourth-order valence-electron chi connectivity index (χ4n) is 4.42. The summed E-state index contributed by atoms with van der Waals surface area (Å²) in [7, 11) is 1.52. The van der Waals surface area contributed by atoms with Crippen LogP contribution in [0.25, 0.3) is 0 Å². The minimum Gasteiger partial charge on any atom is -0.497 e. The van der Waals surface area contributed by atoms with Crippen LogP contribution in [0.4, 0.5) is 25.0 Å². The second kappa shape index (κ2) is 9.05. The Balaban J connectivity index is 1.54. The largest absolute Gasteiger partial charge is 0.497 e. The maximum absolute atomic E-state index is 14.0. The molecular weight excluding hydrogens is 496 g/mol. The standard InChI is InChI=1S/C25H20ClF2N3O3S/c1-34-18-7-9-22-19(13-18)25(23(32)30(22)14-15-2-8-20(27)21(28)12-15)31(10-11-35-25)24(33)29-17-5-3-16(26)4-6-17/h2-9,12-13H,10-11,14H2,1H3,(H,29,33)/t25-/m1/s1. The number of rotatable bonds is 4. The summed E-state index contributed by atoms with van der Waals surface area (Å²) in [6, 6.07) is 15.0. The number of amides is 3. The number of ether oxygens (including phenoxy) is 1. The van der Waals surface area contributed by atoms with Gasteiger partial charge in [-0.2, -0.15) is 0 Å². The summed E-state index contributed by atoms with van der Waals surface area (Å²) in [5, 5.41) is 3.38. The van der Waals surface area contributed by atoms with E-state index >= 15 is 0 Å². The lowest BCUT2D eigenvalue weighted by molar-refractivity contribution is -0.123. The molecule has 35 heavy (non-hydrogen) atoms. The normalized spacial score (nSPS) is 18.8. The van der Waals surface area contributed by atoms with E-state index in [1.165, 1.54) is 34.7 Å². The predicted octanol–water partition coefficient (Wildman–Crippen LogP) is 5.61. The highest BCUT2D eigenvalue weighted by molar-refractivity contribution is 8.01. The molecule has 0 radical (unpaired) electrons. The van der Waals surface area contributed by atoms with Crippen LogP contribution in [0.5, 0.6) is 5.75 Å². The molecule has 1 saturated heterocycles. The Kier molecular flexibility index (Phi) is 6.06. The van der Waals surface area contributed by atoms with Crippen molar-refractivity contribution in [2.24, 2.45) is 0 Å². The van der Waals surface area contributed by atoms with Crippen molar-refractivity contribution in [2.75, 3.05) is 29.6 Å². The lowest BCUT2D eigenvalue weighted by atomic mass is 10.1. The van der Waals surface area contributed by atoms with Crippen molar-refractivity contribution in [3.8, 4) is 5.75 Å². The zero-order valence-electron chi connectivity index (χ0n) is 18.6. The Morgan fingerprint density at radius 3 is 2.60 bits per heavy atom. The molecule has 2 aliphatic rings. The monoisotopic (exact) mass is 515 g/mol.